The molecule has 7 aromatic rings. The number of fused-ring (bicyclic) bond motifs is 6. The van der Waals surface area contributed by atoms with Gasteiger partial charge in [0.2, 0.25) is 5.95 Å². The van der Waals surface area contributed by atoms with Crippen molar-refractivity contribution in [3.8, 4) is 11.8 Å². The highest BCUT2D eigenvalue weighted by atomic mass is 15.2. The van der Waals surface area contributed by atoms with E-state index in [-0.39, 0.29) is 0 Å². The predicted octanol–water partition coefficient (Wildman–Crippen LogP) is 5.46. The lowest BCUT2D eigenvalue weighted by atomic mass is 10.1. The Morgan fingerprint density at radius 1 is 0.500 bits per heavy atom. The quantitative estimate of drug-likeness (QED) is 0.378. The number of pyridine rings is 1. The molecular weight excluding hydrogens is 396 g/mol. The molecule has 32 heavy (non-hydrogen) atoms. The molecule has 0 aliphatic carbocycles. The maximum atomic E-state index is 4.65. The van der Waals surface area contributed by atoms with Gasteiger partial charge in [-0.2, -0.15) is 0 Å². The highest BCUT2D eigenvalue weighted by Crippen LogP contribution is 2.38. The Bertz CT molecular complexity index is 1630. The summed E-state index contributed by atoms with van der Waals surface area (Å²) in [7, 11) is 0. The molecule has 0 bridgehead atoms. The van der Waals surface area contributed by atoms with E-state index in [4.69, 9.17) is 0 Å². The zero-order valence-corrected chi connectivity index (χ0v) is 16.9. The molecule has 3 aromatic carbocycles. The number of benzene rings is 3. The maximum Gasteiger partial charge on any atom is 0.237 e. The van der Waals surface area contributed by atoms with Crippen molar-refractivity contribution in [2.24, 2.45) is 0 Å². The molecule has 0 atom stereocenters. The fraction of sp³-hybridized carbons (Fsp3) is 0. The van der Waals surface area contributed by atoms with Crippen LogP contribution in [0.2, 0.25) is 0 Å². The molecule has 0 N–H and O–H groups in total. The number of para-hydroxylation sites is 2. The van der Waals surface area contributed by atoms with Crippen LogP contribution in [0.4, 0.5) is 0 Å². The van der Waals surface area contributed by atoms with Gasteiger partial charge < -0.3 is 0 Å². The molecule has 6 heteroatoms. The summed E-state index contributed by atoms with van der Waals surface area (Å²) in [5.41, 5.74) is 4.38. The highest BCUT2D eigenvalue weighted by molar-refractivity contribution is 6.18. The van der Waals surface area contributed by atoms with Crippen LogP contribution in [0.3, 0.4) is 0 Å². The molecule has 0 radical (unpaired) electrons. The van der Waals surface area contributed by atoms with Crippen LogP contribution in [0.25, 0.3) is 55.4 Å². The third-order valence-corrected chi connectivity index (χ3v) is 6.02. The molecule has 0 fully saturated rings. The zero-order valence-electron chi connectivity index (χ0n) is 16.9. The second kappa shape index (κ2) is 6.46. The van der Waals surface area contributed by atoms with Gasteiger partial charge in [0.25, 0.3) is 0 Å². The standard InChI is InChI=1S/C26H16N6/c1-3-9-21-17(7-1)19-14-24-20(13-23(19)31(21)25-11-5-6-12-28-25)18-8-2-4-10-22(18)32(24)26-29-15-27-16-30-26/h1-16H. The van der Waals surface area contributed by atoms with E-state index in [1.165, 1.54) is 18.0 Å². The summed E-state index contributed by atoms with van der Waals surface area (Å²) in [5, 5.41) is 4.65. The van der Waals surface area contributed by atoms with E-state index >= 15 is 0 Å². The lowest BCUT2D eigenvalue weighted by molar-refractivity contribution is 0.940. The molecule has 0 amide bonds. The number of rotatable bonds is 2. The first kappa shape index (κ1) is 17.1. The predicted molar refractivity (Wildman–Crippen MR) is 126 cm³/mol. The maximum absolute atomic E-state index is 4.65. The molecule has 0 spiro atoms. The van der Waals surface area contributed by atoms with Crippen LogP contribution in [-0.4, -0.2) is 29.1 Å². The van der Waals surface area contributed by atoms with E-state index < -0.39 is 0 Å². The monoisotopic (exact) mass is 412 g/mol. The molecule has 4 aromatic heterocycles. The first-order chi connectivity index (χ1) is 15.9. The first-order valence-corrected chi connectivity index (χ1v) is 10.4. The van der Waals surface area contributed by atoms with E-state index in [1.807, 2.05) is 30.5 Å². The van der Waals surface area contributed by atoms with Crippen molar-refractivity contribution >= 4 is 43.6 Å². The van der Waals surface area contributed by atoms with Crippen LogP contribution in [-0.2, 0) is 0 Å². The Kier molecular flexibility index (Phi) is 3.46. The van der Waals surface area contributed by atoms with Crippen LogP contribution < -0.4 is 0 Å². The SMILES string of the molecule is c1ccc(-n2c3ccccc3c3cc4c(cc32)c2ccccc2n4-c2ncncn2)nc1. The van der Waals surface area contributed by atoms with Crippen LogP contribution in [0.15, 0.2) is 97.7 Å². The minimum Gasteiger partial charge on any atom is -0.294 e. The lowest BCUT2D eigenvalue weighted by Gasteiger charge is -2.07. The Morgan fingerprint density at radius 3 is 1.75 bits per heavy atom. The van der Waals surface area contributed by atoms with Gasteiger partial charge in [0.05, 0.1) is 22.1 Å². The van der Waals surface area contributed by atoms with Crippen molar-refractivity contribution in [3.63, 3.8) is 0 Å². The van der Waals surface area contributed by atoms with Gasteiger partial charge >= 0.3 is 0 Å². The molecule has 7 rings (SSSR count). The van der Waals surface area contributed by atoms with Gasteiger partial charge in [-0.1, -0.05) is 42.5 Å². The van der Waals surface area contributed by atoms with Gasteiger partial charge in [-0.05, 0) is 36.4 Å². The summed E-state index contributed by atoms with van der Waals surface area (Å²) in [6.07, 6.45) is 4.91. The van der Waals surface area contributed by atoms with Gasteiger partial charge in [-0.25, -0.2) is 19.9 Å². The molecule has 0 saturated carbocycles. The fourth-order valence-corrected chi connectivity index (χ4v) is 4.73. The zero-order chi connectivity index (χ0) is 21.1. The average molecular weight is 412 g/mol. The largest absolute Gasteiger partial charge is 0.294 e. The number of aromatic nitrogens is 6. The number of nitrogens with zero attached hydrogens (tertiary/aromatic N) is 6. The van der Waals surface area contributed by atoms with Crippen molar-refractivity contribution in [3.05, 3.63) is 97.7 Å². The van der Waals surface area contributed by atoms with Gasteiger partial charge in [-0.15, -0.1) is 0 Å². The second-order valence-corrected chi connectivity index (χ2v) is 7.72. The molecule has 4 heterocycles. The Hall–Kier alpha value is -4.58. The minimum atomic E-state index is 0.610. The van der Waals surface area contributed by atoms with E-state index in [0.717, 1.165) is 44.0 Å². The Balaban J connectivity index is 1.71. The van der Waals surface area contributed by atoms with Crippen molar-refractivity contribution < 1.29 is 0 Å². The number of hydrogen-bond acceptors (Lipinski definition) is 4. The Morgan fingerprint density at radius 2 is 1.09 bits per heavy atom. The first-order valence-electron chi connectivity index (χ1n) is 10.4. The van der Waals surface area contributed by atoms with E-state index in [1.54, 1.807) is 0 Å². The van der Waals surface area contributed by atoms with E-state index in [9.17, 15) is 0 Å². The van der Waals surface area contributed by atoms with Gasteiger partial charge in [0.15, 0.2) is 0 Å². The normalized spacial score (nSPS) is 11.8. The molecular formula is C26H16N6. The summed E-state index contributed by atoms with van der Waals surface area (Å²) < 4.78 is 4.35. The third kappa shape index (κ3) is 2.29. The fourth-order valence-electron chi connectivity index (χ4n) is 4.73. The van der Waals surface area contributed by atoms with Crippen molar-refractivity contribution in [2.45, 2.75) is 0 Å². The van der Waals surface area contributed by atoms with Crippen molar-refractivity contribution in [1.29, 1.82) is 0 Å². The third-order valence-electron chi connectivity index (χ3n) is 6.02. The topological polar surface area (TPSA) is 61.4 Å². The van der Waals surface area contributed by atoms with Crippen molar-refractivity contribution in [2.75, 3.05) is 0 Å². The van der Waals surface area contributed by atoms with Gasteiger partial charge in [0, 0.05) is 27.7 Å². The van der Waals surface area contributed by atoms with Gasteiger partial charge in [0.1, 0.15) is 18.5 Å². The van der Waals surface area contributed by atoms with Gasteiger partial charge in [-0.3, -0.25) is 9.13 Å². The second-order valence-electron chi connectivity index (χ2n) is 7.72. The minimum absolute atomic E-state index is 0.610. The molecule has 0 aliphatic heterocycles. The smallest absolute Gasteiger partial charge is 0.237 e. The molecule has 0 saturated heterocycles. The average Bonchev–Trinajstić information content (AvgIpc) is 3.36. The summed E-state index contributed by atoms with van der Waals surface area (Å²) in [5.74, 6) is 1.51. The van der Waals surface area contributed by atoms with E-state index in [2.05, 4.69) is 83.7 Å². The summed E-state index contributed by atoms with van der Waals surface area (Å²) in [4.78, 5) is 17.5. The summed E-state index contributed by atoms with van der Waals surface area (Å²) >= 11 is 0. The van der Waals surface area contributed by atoms with Crippen LogP contribution >= 0.6 is 0 Å². The summed E-state index contributed by atoms with van der Waals surface area (Å²) in [6, 6.07) is 27.3. The van der Waals surface area contributed by atoms with Crippen LogP contribution in [0, 0.1) is 0 Å². The lowest BCUT2D eigenvalue weighted by Crippen LogP contribution is -2.00. The highest BCUT2D eigenvalue weighted by Gasteiger charge is 2.19. The molecule has 6 nitrogen and oxygen atoms in total. The van der Waals surface area contributed by atoms with Crippen molar-refractivity contribution in [1.82, 2.24) is 29.1 Å². The number of hydrogen-bond donors (Lipinski definition) is 0. The van der Waals surface area contributed by atoms with Crippen LogP contribution in [0.1, 0.15) is 0 Å². The Labute approximate surface area is 182 Å². The van der Waals surface area contributed by atoms with E-state index in [0.29, 0.717) is 5.95 Å². The summed E-state index contributed by atoms with van der Waals surface area (Å²) in [6.45, 7) is 0. The molecule has 0 aliphatic rings. The molecule has 0 unspecified atom stereocenters. The molecule has 150 valence electrons. The van der Waals surface area contributed by atoms with Crippen LogP contribution in [0.5, 0.6) is 0 Å².